The Bertz CT molecular complexity index is 408. The molecule has 1 fully saturated rings. The van der Waals surface area contributed by atoms with Crippen molar-refractivity contribution in [2.24, 2.45) is 5.92 Å². The van der Waals surface area contributed by atoms with Crippen molar-refractivity contribution in [2.75, 3.05) is 20.3 Å². The van der Waals surface area contributed by atoms with Gasteiger partial charge in [0.15, 0.2) is 11.5 Å². The normalized spacial score (nSPS) is 15.6. The van der Waals surface area contributed by atoms with Crippen LogP contribution in [0.1, 0.15) is 32.3 Å². The summed E-state index contributed by atoms with van der Waals surface area (Å²) >= 11 is 0. The molecule has 0 atom stereocenters. The highest BCUT2D eigenvalue weighted by Crippen LogP contribution is 2.35. The molecular weight excluding hydrogens is 228 g/mol. The molecule has 0 radical (unpaired) electrons. The van der Waals surface area contributed by atoms with Crippen molar-refractivity contribution < 1.29 is 14.6 Å². The van der Waals surface area contributed by atoms with E-state index in [4.69, 9.17) is 9.47 Å². The summed E-state index contributed by atoms with van der Waals surface area (Å²) in [6, 6.07) is 5.88. The lowest BCUT2D eigenvalue weighted by Gasteiger charge is -2.23. The molecule has 3 heteroatoms. The van der Waals surface area contributed by atoms with Gasteiger partial charge in [0.2, 0.25) is 0 Å². The predicted molar refractivity (Wildman–Crippen MR) is 71.3 cm³/mol. The van der Waals surface area contributed by atoms with Gasteiger partial charge in [0.05, 0.1) is 20.3 Å². The van der Waals surface area contributed by atoms with Crippen molar-refractivity contribution in [1.82, 2.24) is 0 Å². The van der Waals surface area contributed by atoms with Gasteiger partial charge in [-0.3, -0.25) is 0 Å². The second-order valence-corrected chi connectivity index (χ2v) is 5.66. The van der Waals surface area contributed by atoms with Crippen LogP contribution in [0.4, 0.5) is 0 Å². The van der Waals surface area contributed by atoms with Crippen molar-refractivity contribution in [3.05, 3.63) is 23.8 Å². The third-order valence-corrected chi connectivity index (χ3v) is 3.51. The molecule has 0 bridgehead atoms. The Morgan fingerprint density at radius 1 is 1.28 bits per heavy atom. The number of hydrogen-bond donors (Lipinski definition) is 1. The molecule has 0 amide bonds. The molecule has 0 unspecified atom stereocenters. The number of methoxy groups -OCH3 is 1. The molecule has 2 rings (SSSR count). The van der Waals surface area contributed by atoms with Gasteiger partial charge in [0, 0.05) is 5.41 Å². The van der Waals surface area contributed by atoms with Gasteiger partial charge in [-0.2, -0.15) is 0 Å². The van der Waals surface area contributed by atoms with Gasteiger partial charge in [-0.1, -0.05) is 19.9 Å². The van der Waals surface area contributed by atoms with Crippen LogP contribution in [0.3, 0.4) is 0 Å². The Hall–Kier alpha value is -1.22. The first-order valence-electron chi connectivity index (χ1n) is 6.49. The van der Waals surface area contributed by atoms with E-state index in [0.717, 1.165) is 23.7 Å². The van der Waals surface area contributed by atoms with Crippen LogP contribution in [0.25, 0.3) is 0 Å². The van der Waals surface area contributed by atoms with Crippen LogP contribution in [-0.4, -0.2) is 25.4 Å². The highest BCUT2D eigenvalue weighted by Gasteiger charge is 2.24. The van der Waals surface area contributed by atoms with Crippen LogP contribution >= 0.6 is 0 Å². The van der Waals surface area contributed by atoms with Crippen LogP contribution in [0, 0.1) is 5.92 Å². The second kappa shape index (κ2) is 5.19. The van der Waals surface area contributed by atoms with E-state index < -0.39 is 0 Å². The van der Waals surface area contributed by atoms with E-state index in [9.17, 15) is 5.11 Å². The number of aliphatic hydroxyl groups is 1. The van der Waals surface area contributed by atoms with Gasteiger partial charge >= 0.3 is 0 Å². The van der Waals surface area contributed by atoms with Crippen molar-refractivity contribution in [3.63, 3.8) is 0 Å². The first kappa shape index (κ1) is 13.2. The maximum absolute atomic E-state index is 9.42. The number of benzene rings is 1. The van der Waals surface area contributed by atoms with Gasteiger partial charge in [0.1, 0.15) is 0 Å². The SMILES string of the molecule is COc1ccc(C(C)(C)CO)cc1OCC1CC1. The summed E-state index contributed by atoms with van der Waals surface area (Å²) in [5.41, 5.74) is 0.806. The van der Waals surface area contributed by atoms with Crippen molar-refractivity contribution in [2.45, 2.75) is 32.1 Å². The van der Waals surface area contributed by atoms with E-state index >= 15 is 0 Å². The standard InChI is InChI=1S/C15H22O3/c1-15(2,10-16)12-6-7-13(17-3)14(8-12)18-9-11-4-5-11/h6-8,11,16H,4-5,9-10H2,1-3H3. The molecule has 1 aliphatic rings. The summed E-state index contributed by atoms with van der Waals surface area (Å²) in [6.07, 6.45) is 2.54. The van der Waals surface area contributed by atoms with Crippen LogP contribution < -0.4 is 9.47 Å². The molecule has 0 saturated heterocycles. The lowest BCUT2D eigenvalue weighted by atomic mass is 9.85. The van der Waals surface area contributed by atoms with E-state index in [1.54, 1.807) is 7.11 Å². The van der Waals surface area contributed by atoms with Crippen molar-refractivity contribution in [3.8, 4) is 11.5 Å². The topological polar surface area (TPSA) is 38.7 Å². The van der Waals surface area contributed by atoms with E-state index in [2.05, 4.69) is 0 Å². The average Bonchev–Trinajstić information content (AvgIpc) is 3.20. The van der Waals surface area contributed by atoms with Crippen LogP contribution in [0.15, 0.2) is 18.2 Å². The molecule has 0 heterocycles. The average molecular weight is 250 g/mol. The largest absolute Gasteiger partial charge is 0.493 e. The summed E-state index contributed by atoms with van der Waals surface area (Å²) in [4.78, 5) is 0. The van der Waals surface area contributed by atoms with Crippen LogP contribution in [0.5, 0.6) is 11.5 Å². The molecule has 1 N–H and O–H groups in total. The third kappa shape index (κ3) is 2.96. The number of aliphatic hydroxyl groups excluding tert-OH is 1. The molecule has 0 aliphatic heterocycles. The van der Waals surface area contributed by atoms with Crippen LogP contribution in [-0.2, 0) is 5.41 Å². The highest BCUT2D eigenvalue weighted by molar-refractivity contribution is 5.45. The molecular formula is C15H22O3. The molecule has 0 aromatic heterocycles. The summed E-state index contributed by atoms with van der Waals surface area (Å²) in [7, 11) is 1.65. The zero-order valence-electron chi connectivity index (χ0n) is 11.4. The van der Waals surface area contributed by atoms with Gasteiger partial charge in [-0.25, -0.2) is 0 Å². The minimum atomic E-state index is -0.260. The van der Waals surface area contributed by atoms with Gasteiger partial charge in [-0.05, 0) is 36.5 Å². The number of hydrogen-bond acceptors (Lipinski definition) is 3. The molecule has 1 saturated carbocycles. The predicted octanol–water partition coefficient (Wildman–Crippen LogP) is 2.75. The summed E-state index contributed by atoms with van der Waals surface area (Å²) in [6.45, 7) is 4.90. The Labute approximate surface area is 109 Å². The quantitative estimate of drug-likeness (QED) is 0.843. The molecule has 1 aromatic rings. The Morgan fingerprint density at radius 3 is 2.56 bits per heavy atom. The third-order valence-electron chi connectivity index (χ3n) is 3.51. The lowest BCUT2D eigenvalue weighted by molar-refractivity contribution is 0.217. The van der Waals surface area contributed by atoms with E-state index in [1.807, 2.05) is 32.0 Å². The van der Waals surface area contributed by atoms with E-state index in [0.29, 0.717) is 5.92 Å². The van der Waals surface area contributed by atoms with Gasteiger partial charge in [0.25, 0.3) is 0 Å². The maximum atomic E-state index is 9.42. The molecule has 18 heavy (non-hydrogen) atoms. The van der Waals surface area contributed by atoms with Gasteiger partial charge in [-0.15, -0.1) is 0 Å². The lowest BCUT2D eigenvalue weighted by Crippen LogP contribution is -2.22. The zero-order chi connectivity index (χ0) is 13.2. The fraction of sp³-hybridized carbons (Fsp3) is 0.600. The smallest absolute Gasteiger partial charge is 0.161 e. The first-order chi connectivity index (χ1) is 8.56. The molecule has 100 valence electrons. The minimum Gasteiger partial charge on any atom is -0.493 e. The highest BCUT2D eigenvalue weighted by atomic mass is 16.5. The maximum Gasteiger partial charge on any atom is 0.161 e. The van der Waals surface area contributed by atoms with E-state index in [1.165, 1.54) is 12.8 Å². The summed E-state index contributed by atoms with van der Waals surface area (Å²) in [5, 5.41) is 9.42. The number of rotatable bonds is 6. The molecule has 3 nitrogen and oxygen atoms in total. The van der Waals surface area contributed by atoms with Crippen LogP contribution in [0.2, 0.25) is 0 Å². The van der Waals surface area contributed by atoms with Gasteiger partial charge < -0.3 is 14.6 Å². The number of ether oxygens (including phenoxy) is 2. The second-order valence-electron chi connectivity index (χ2n) is 5.66. The fourth-order valence-electron chi connectivity index (χ4n) is 1.79. The van der Waals surface area contributed by atoms with Crippen molar-refractivity contribution in [1.29, 1.82) is 0 Å². The minimum absolute atomic E-state index is 0.112. The molecule has 0 spiro atoms. The Kier molecular flexibility index (Phi) is 3.81. The van der Waals surface area contributed by atoms with E-state index in [-0.39, 0.29) is 12.0 Å². The Morgan fingerprint density at radius 2 is 2.00 bits per heavy atom. The van der Waals surface area contributed by atoms with Crippen molar-refractivity contribution >= 4 is 0 Å². The molecule has 1 aromatic carbocycles. The summed E-state index contributed by atoms with van der Waals surface area (Å²) < 4.78 is 11.1. The fourth-order valence-corrected chi connectivity index (χ4v) is 1.79. The molecule has 1 aliphatic carbocycles. The monoisotopic (exact) mass is 250 g/mol. The zero-order valence-corrected chi connectivity index (χ0v) is 11.4. The first-order valence-corrected chi connectivity index (χ1v) is 6.49. The summed E-state index contributed by atoms with van der Waals surface area (Å²) in [5.74, 6) is 2.25. The Balaban J connectivity index is 2.20.